The van der Waals surface area contributed by atoms with Gasteiger partial charge >= 0.3 is 0 Å². The number of thiocarbonyl (C=S) groups is 1. The fourth-order valence-corrected chi connectivity index (χ4v) is 2.49. The topological polar surface area (TPSA) is 46.3 Å². The monoisotopic (exact) mass is 276 g/mol. The molecule has 0 aliphatic carbocycles. The molecular weight excluding hydrogens is 256 g/mol. The Bertz CT molecular complexity index is 525. The highest BCUT2D eigenvalue weighted by Gasteiger charge is 2.39. The van der Waals surface area contributed by atoms with E-state index < -0.39 is 5.41 Å². The molecule has 102 valence electrons. The summed E-state index contributed by atoms with van der Waals surface area (Å²) in [5, 5.41) is 0. The Morgan fingerprint density at radius 1 is 1.42 bits per heavy atom. The van der Waals surface area contributed by atoms with E-state index in [9.17, 15) is 4.79 Å². The van der Waals surface area contributed by atoms with Gasteiger partial charge < -0.3 is 10.6 Å². The van der Waals surface area contributed by atoms with E-state index in [2.05, 4.69) is 13.0 Å². The molecule has 0 saturated carbocycles. The minimum Gasteiger partial charge on any atom is -0.392 e. The lowest BCUT2D eigenvalue weighted by atomic mass is 9.88. The molecule has 1 unspecified atom stereocenters. The van der Waals surface area contributed by atoms with Crippen molar-refractivity contribution in [3.8, 4) is 0 Å². The number of anilines is 1. The van der Waals surface area contributed by atoms with Crippen LogP contribution in [0.5, 0.6) is 0 Å². The van der Waals surface area contributed by atoms with Crippen molar-refractivity contribution in [2.45, 2.75) is 39.7 Å². The number of aryl methyl sites for hydroxylation is 1. The van der Waals surface area contributed by atoms with Gasteiger partial charge in [0, 0.05) is 11.7 Å². The van der Waals surface area contributed by atoms with Crippen LogP contribution < -0.4 is 10.6 Å². The first-order valence-corrected chi connectivity index (χ1v) is 6.98. The molecule has 2 rings (SSSR count). The summed E-state index contributed by atoms with van der Waals surface area (Å²) >= 11 is 5.04. The van der Waals surface area contributed by atoms with Crippen molar-refractivity contribution in [1.29, 1.82) is 0 Å². The fourth-order valence-electron chi connectivity index (χ4n) is 2.40. The van der Waals surface area contributed by atoms with Gasteiger partial charge in [0.05, 0.1) is 10.4 Å². The maximum atomic E-state index is 12.8. The molecule has 0 fully saturated rings. The lowest BCUT2D eigenvalue weighted by Gasteiger charge is -2.39. The summed E-state index contributed by atoms with van der Waals surface area (Å²) in [6, 6.07) is 8.23. The standard InChI is InChI=1S/C15H20N2OS/c1-10-8-9-11-6-4-5-7-12(11)17(10)14(18)15(2,3)13(16)19/h4-7,10H,8-9H2,1-3H3,(H2,16,19). The summed E-state index contributed by atoms with van der Waals surface area (Å²) in [4.78, 5) is 14.9. The second-order valence-corrected chi connectivity index (χ2v) is 6.12. The van der Waals surface area contributed by atoms with Gasteiger partial charge in [-0.1, -0.05) is 30.4 Å². The average molecular weight is 276 g/mol. The summed E-state index contributed by atoms with van der Waals surface area (Å²) in [5.74, 6) is -0.0142. The Balaban J connectivity index is 2.44. The van der Waals surface area contributed by atoms with Gasteiger partial charge in [0.15, 0.2) is 0 Å². The largest absolute Gasteiger partial charge is 0.392 e. The van der Waals surface area contributed by atoms with E-state index in [-0.39, 0.29) is 16.9 Å². The van der Waals surface area contributed by atoms with Crippen LogP contribution >= 0.6 is 12.2 Å². The molecule has 1 amide bonds. The summed E-state index contributed by atoms with van der Waals surface area (Å²) in [6.07, 6.45) is 1.98. The Labute approximate surface area is 119 Å². The smallest absolute Gasteiger partial charge is 0.239 e. The van der Waals surface area contributed by atoms with Crippen molar-refractivity contribution >= 4 is 28.8 Å². The molecule has 1 aliphatic rings. The third kappa shape index (κ3) is 2.37. The van der Waals surface area contributed by atoms with E-state index in [1.807, 2.05) is 23.1 Å². The highest BCUT2D eigenvalue weighted by molar-refractivity contribution is 7.80. The molecule has 1 atom stereocenters. The van der Waals surface area contributed by atoms with Gasteiger partial charge in [0.25, 0.3) is 0 Å². The number of rotatable bonds is 2. The zero-order chi connectivity index (χ0) is 14.2. The van der Waals surface area contributed by atoms with Crippen LogP contribution in [0.15, 0.2) is 24.3 Å². The highest BCUT2D eigenvalue weighted by atomic mass is 32.1. The molecule has 1 aromatic carbocycles. The molecule has 19 heavy (non-hydrogen) atoms. The zero-order valence-electron chi connectivity index (χ0n) is 11.6. The lowest BCUT2D eigenvalue weighted by molar-refractivity contribution is -0.124. The molecule has 4 heteroatoms. The molecule has 0 saturated heterocycles. The molecule has 1 aromatic rings. The third-order valence-corrected chi connectivity index (χ3v) is 4.40. The van der Waals surface area contributed by atoms with Gasteiger partial charge in [-0.25, -0.2) is 0 Å². The molecule has 0 bridgehead atoms. The second-order valence-electron chi connectivity index (χ2n) is 5.68. The van der Waals surface area contributed by atoms with E-state index >= 15 is 0 Å². The summed E-state index contributed by atoms with van der Waals surface area (Å²) in [6.45, 7) is 5.66. The van der Waals surface area contributed by atoms with E-state index in [1.165, 1.54) is 5.56 Å². The highest BCUT2D eigenvalue weighted by Crippen LogP contribution is 2.34. The van der Waals surface area contributed by atoms with E-state index in [0.29, 0.717) is 0 Å². The minimum absolute atomic E-state index is 0.0142. The van der Waals surface area contributed by atoms with E-state index in [4.69, 9.17) is 18.0 Å². The molecule has 1 aliphatic heterocycles. The minimum atomic E-state index is -0.811. The number of hydrogen-bond donors (Lipinski definition) is 1. The maximum Gasteiger partial charge on any atom is 0.239 e. The van der Waals surface area contributed by atoms with Crippen molar-refractivity contribution in [3.63, 3.8) is 0 Å². The van der Waals surface area contributed by atoms with Crippen molar-refractivity contribution in [2.24, 2.45) is 11.1 Å². The number of carbonyl (C=O) groups excluding carboxylic acids is 1. The summed E-state index contributed by atoms with van der Waals surface area (Å²) < 4.78 is 0. The van der Waals surface area contributed by atoms with Crippen LogP contribution in [-0.4, -0.2) is 16.9 Å². The van der Waals surface area contributed by atoms with Gasteiger partial charge in [-0.2, -0.15) is 0 Å². The van der Waals surface area contributed by atoms with Crippen LogP contribution in [0.3, 0.4) is 0 Å². The summed E-state index contributed by atoms with van der Waals surface area (Å²) in [5.41, 5.74) is 7.13. The third-order valence-electron chi connectivity index (χ3n) is 3.89. The number of carbonyl (C=O) groups is 1. The first-order chi connectivity index (χ1) is 8.85. The van der Waals surface area contributed by atoms with Crippen LogP contribution in [0.1, 0.15) is 32.8 Å². The van der Waals surface area contributed by atoms with Crippen molar-refractivity contribution < 1.29 is 4.79 Å². The predicted octanol–water partition coefficient (Wildman–Crippen LogP) is 2.67. The average Bonchev–Trinajstić information content (AvgIpc) is 2.37. The summed E-state index contributed by atoms with van der Waals surface area (Å²) in [7, 11) is 0. The molecule has 0 aromatic heterocycles. The van der Waals surface area contributed by atoms with Crippen molar-refractivity contribution in [3.05, 3.63) is 29.8 Å². The quantitative estimate of drug-likeness (QED) is 0.845. The van der Waals surface area contributed by atoms with Crippen LogP contribution in [0.2, 0.25) is 0 Å². The van der Waals surface area contributed by atoms with Crippen LogP contribution in [-0.2, 0) is 11.2 Å². The first kappa shape index (κ1) is 14.0. The Morgan fingerprint density at radius 3 is 2.68 bits per heavy atom. The molecule has 3 nitrogen and oxygen atoms in total. The molecular formula is C15H20N2OS. The van der Waals surface area contributed by atoms with E-state index in [1.54, 1.807) is 13.8 Å². The molecule has 2 N–H and O–H groups in total. The van der Waals surface area contributed by atoms with Crippen LogP contribution in [0.25, 0.3) is 0 Å². The van der Waals surface area contributed by atoms with Gasteiger partial charge in [0.2, 0.25) is 5.91 Å². The van der Waals surface area contributed by atoms with Gasteiger partial charge in [-0.3, -0.25) is 4.79 Å². The first-order valence-electron chi connectivity index (χ1n) is 6.57. The van der Waals surface area contributed by atoms with Gasteiger partial charge in [-0.05, 0) is 45.2 Å². The van der Waals surface area contributed by atoms with Gasteiger partial charge in [0.1, 0.15) is 0 Å². The molecule has 0 radical (unpaired) electrons. The maximum absolute atomic E-state index is 12.8. The molecule has 1 heterocycles. The van der Waals surface area contributed by atoms with Crippen LogP contribution in [0.4, 0.5) is 5.69 Å². The Hall–Kier alpha value is -1.42. The number of amides is 1. The SMILES string of the molecule is CC1CCc2ccccc2N1C(=O)C(C)(C)C(N)=S. The number of para-hydroxylation sites is 1. The normalized spacial score (nSPS) is 18.9. The number of nitrogens with two attached hydrogens (primary N) is 1. The zero-order valence-corrected chi connectivity index (χ0v) is 12.5. The van der Waals surface area contributed by atoms with E-state index in [0.717, 1.165) is 18.5 Å². The number of nitrogens with zero attached hydrogens (tertiary/aromatic N) is 1. The predicted molar refractivity (Wildman–Crippen MR) is 82.3 cm³/mol. The Morgan fingerprint density at radius 2 is 2.05 bits per heavy atom. The number of fused-ring (bicyclic) bond motifs is 1. The van der Waals surface area contributed by atoms with Crippen LogP contribution in [0, 0.1) is 5.41 Å². The second kappa shape index (κ2) is 4.93. The van der Waals surface area contributed by atoms with Gasteiger partial charge in [-0.15, -0.1) is 0 Å². The lowest BCUT2D eigenvalue weighted by Crippen LogP contribution is -2.52. The Kier molecular flexibility index (Phi) is 3.63. The fraction of sp³-hybridized carbons (Fsp3) is 0.467. The van der Waals surface area contributed by atoms with Crippen molar-refractivity contribution in [2.75, 3.05) is 4.90 Å². The number of hydrogen-bond acceptors (Lipinski definition) is 2. The van der Waals surface area contributed by atoms with Crippen molar-refractivity contribution in [1.82, 2.24) is 0 Å². The molecule has 0 spiro atoms. The number of benzene rings is 1.